The van der Waals surface area contributed by atoms with E-state index in [1.54, 1.807) is 28.7 Å². The molecule has 0 aliphatic carbocycles. The summed E-state index contributed by atoms with van der Waals surface area (Å²) in [5, 5.41) is 19.1. The van der Waals surface area contributed by atoms with Crippen molar-refractivity contribution in [2.24, 2.45) is 14.1 Å². The maximum atomic E-state index is 13.0. The molecule has 0 atom stereocenters. The minimum absolute atomic E-state index is 0.0713. The van der Waals surface area contributed by atoms with Crippen LogP contribution in [0.2, 0.25) is 0 Å². The fraction of sp³-hybridized carbons (Fsp3) is 0.438. The molecule has 0 aliphatic heterocycles. The van der Waals surface area contributed by atoms with Gasteiger partial charge in [-0.2, -0.15) is 23.4 Å². The van der Waals surface area contributed by atoms with Gasteiger partial charge < -0.3 is 9.88 Å². The number of aromatic nitrogens is 7. The second-order valence-corrected chi connectivity index (χ2v) is 7.12. The number of thioether (sulfide) groups is 1. The summed E-state index contributed by atoms with van der Waals surface area (Å²) in [6, 6.07) is 0.936. The number of aryl methyl sites for hydroxylation is 2. The SMILES string of the molecule is CCn1c(SCC(=O)NCc2cnn(C)c2)nnc1-c1cc(C(F)(F)F)n(C)n1. The molecule has 0 aliphatic rings. The number of halogens is 3. The molecule has 3 aromatic rings. The number of rotatable bonds is 7. The number of carbonyl (C=O) groups excluding carboxylic acids is 1. The van der Waals surface area contributed by atoms with Crippen molar-refractivity contribution in [2.45, 2.75) is 31.3 Å². The van der Waals surface area contributed by atoms with Gasteiger partial charge in [0.05, 0.1) is 11.9 Å². The Hall–Kier alpha value is -2.83. The zero-order chi connectivity index (χ0) is 21.2. The van der Waals surface area contributed by atoms with E-state index in [4.69, 9.17) is 0 Å². The molecule has 29 heavy (non-hydrogen) atoms. The van der Waals surface area contributed by atoms with E-state index in [0.717, 1.165) is 28.1 Å². The Bertz CT molecular complexity index is 1010. The van der Waals surface area contributed by atoms with Crippen molar-refractivity contribution < 1.29 is 18.0 Å². The smallest absolute Gasteiger partial charge is 0.351 e. The van der Waals surface area contributed by atoms with E-state index in [1.165, 1.54) is 7.05 Å². The van der Waals surface area contributed by atoms with E-state index in [9.17, 15) is 18.0 Å². The Morgan fingerprint density at radius 3 is 2.62 bits per heavy atom. The van der Waals surface area contributed by atoms with Crippen molar-refractivity contribution in [2.75, 3.05) is 5.75 Å². The number of nitrogens with one attached hydrogen (secondary N) is 1. The lowest BCUT2D eigenvalue weighted by atomic mass is 10.3. The van der Waals surface area contributed by atoms with Gasteiger partial charge in [0.2, 0.25) is 5.91 Å². The van der Waals surface area contributed by atoms with E-state index in [0.29, 0.717) is 18.2 Å². The van der Waals surface area contributed by atoms with Gasteiger partial charge in [-0.1, -0.05) is 11.8 Å². The third kappa shape index (κ3) is 4.78. The molecule has 1 amide bonds. The van der Waals surface area contributed by atoms with Crippen molar-refractivity contribution in [3.05, 3.63) is 29.7 Å². The van der Waals surface area contributed by atoms with Crippen LogP contribution in [-0.2, 0) is 38.2 Å². The second-order valence-electron chi connectivity index (χ2n) is 6.17. The molecule has 1 N–H and O–H groups in total. The molecule has 0 spiro atoms. The van der Waals surface area contributed by atoms with Gasteiger partial charge in [-0.25, -0.2) is 0 Å². The molecule has 3 heterocycles. The third-order valence-electron chi connectivity index (χ3n) is 4.01. The van der Waals surface area contributed by atoms with Crippen molar-refractivity contribution >= 4 is 17.7 Å². The van der Waals surface area contributed by atoms with Crippen LogP contribution in [0.3, 0.4) is 0 Å². The first kappa shape index (κ1) is 20.9. The predicted octanol–water partition coefficient (Wildman–Crippen LogP) is 1.86. The van der Waals surface area contributed by atoms with Crippen LogP contribution in [0.15, 0.2) is 23.6 Å². The number of hydrogen-bond donors (Lipinski definition) is 1. The molecule has 0 aromatic carbocycles. The molecule has 0 radical (unpaired) electrons. The molecule has 9 nitrogen and oxygen atoms in total. The maximum absolute atomic E-state index is 13.0. The fourth-order valence-electron chi connectivity index (χ4n) is 2.66. The van der Waals surface area contributed by atoms with Gasteiger partial charge in [-0.15, -0.1) is 10.2 Å². The molecular formula is C16H19F3N8OS. The highest BCUT2D eigenvalue weighted by molar-refractivity contribution is 7.99. The molecule has 3 aromatic heterocycles. The molecule has 13 heteroatoms. The second kappa shape index (κ2) is 8.27. The van der Waals surface area contributed by atoms with E-state index in [2.05, 4.69) is 25.7 Å². The van der Waals surface area contributed by atoms with Crippen LogP contribution in [-0.4, -0.2) is 46.0 Å². The maximum Gasteiger partial charge on any atom is 0.433 e. The minimum Gasteiger partial charge on any atom is -0.351 e. The van der Waals surface area contributed by atoms with E-state index in [1.807, 2.05) is 6.92 Å². The quantitative estimate of drug-likeness (QED) is 0.577. The van der Waals surface area contributed by atoms with Crippen LogP contribution < -0.4 is 5.32 Å². The van der Waals surface area contributed by atoms with Crippen LogP contribution in [0.25, 0.3) is 11.5 Å². The average molecular weight is 428 g/mol. The van der Waals surface area contributed by atoms with Gasteiger partial charge in [0.1, 0.15) is 11.4 Å². The Morgan fingerprint density at radius 2 is 2.03 bits per heavy atom. The first-order valence-electron chi connectivity index (χ1n) is 8.61. The summed E-state index contributed by atoms with van der Waals surface area (Å²) in [7, 11) is 3.01. The monoisotopic (exact) mass is 428 g/mol. The Labute approximate surface area is 168 Å². The van der Waals surface area contributed by atoms with Crippen LogP contribution in [0.4, 0.5) is 13.2 Å². The molecule has 0 bridgehead atoms. The first-order valence-corrected chi connectivity index (χ1v) is 9.59. The predicted molar refractivity (Wildman–Crippen MR) is 98.7 cm³/mol. The number of hydrogen-bond acceptors (Lipinski definition) is 6. The summed E-state index contributed by atoms with van der Waals surface area (Å²) in [4.78, 5) is 12.1. The zero-order valence-electron chi connectivity index (χ0n) is 15.9. The average Bonchev–Trinajstić information content (AvgIpc) is 3.35. The zero-order valence-corrected chi connectivity index (χ0v) is 16.8. The Kier molecular flexibility index (Phi) is 5.96. The summed E-state index contributed by atoms with van der Waals surface area (Å²) in [5.74, 6) is 0.106. The molecule has 0 unspecified atom stereocenters. The summed E-state index contributed by atoms with van der Waals surface area (Å²) >= 11 is 1.15. The summed E-state index contributed by atoms with van der Waals surface area (Å²) in [5.41, 5.74) is 0.0738. The number of nitrogens with zero attached hydrogens (tertiary/aromatic N) is 7. The Balaban J connectivity index is 1.67. The van der Waals surface area contributed by atoms with Gasteiger partial charge in [0, 0.05) is 38.9 Å². The molecule has 156 valence electrons. The van der Waals surface area contributed by atoms with Gasteiger partial charge in [-0.3, -0.25) is 14.2 Å². The van der Waals surface area contributed by atoms with Crippen molar-refractivity contribution in [3.63, 3.8) is 0 Å². The summed E-state index contributed by atoms with van der Waals surface area (Å²) < 4.78 is 43.1. The lowest BCUT2D eigenvalue weighted by Crippen LogP contribution is -2.24. The summed E-state index contributed by atoms with van der Waals surface area (Å²) in [6.45, 7) is 2.58. The molecule has 0 saturated carbocycles. The van der Waals surface area contributed by atoms with E-state index >= 15 is 0 Å². The molecule has 0 saturated heterocycles. The molecule has 3 rings (SSSR count). The highest BCUT2D eigenvalue weighted by Gasteiger charge is 2.35. The van der Waals surface area contributed by atoms with Crippen molar-refractivity contribution in [3.8, 4) is 11.5 Å². The number of alkyl halides is 3. The lowest BCUT2D eigenvalue weighted by molar-refractivity contribution is -0.143. The van der Waals surface area contributed by atoms with Crippen molar-refractivity contribution in [1.82, 2.24) is 39.6 Å². The van der Waals surface area contributed by atoms with Gasteiger partial charge >= 0.3 is 6.18 Å². The summed E-state index contributed by atoms with van der Waals surface area (Å²) in [6.07, 6.45) is -1.05. The third-order valence-corrected chi connectivity index (χ3v) is 4.98. The minimum atomic E-state index is -4.51. The standard InChI is InChI=1S/C16H19F3N8OS/c1-4-27-14(11-5-12(16(17,18)19)26(3)24-11)22-23-15(27)29-9-13(28)20-6-10-7-21-25(2)8-10/h5,7-8H,4,6,9H2,1-3H3,(H,20,28). The number of carbonyl (C=O) groups is 1. The highest BCUT2D eigenvalue weighted by atomic mass is 32.2. The molecule has 0 fully saturated rings. The van der Waals surface area contributed by atoms with Gasteiger partial charge in [-0.05, 0) is 13.0 Å². The molecular weight excluding hydrogens is 409 g/mol. The lowest BCUT2D eigenvalue weighted by Gasteiger charge is -2.06. The van der Waals surface area contributed by atoms with E-state index < -0.39 is 11.9 Å². The number of amides is 1. The van der Waals surface area contributed by atoms with Gasteiger partial charge in [0.15, 0.2) is 11.0 Å². The van der Waals surface area contributed by atoms with Crippen LogP contribution >= 0.6 is 11.8 Å². The van der Waals surface area contributed by atoms with E-state index in [-0.39, 0.29) is 23.2 Å². The fourth-order valence-corrected chi connectivity index (χ4v) is 3.49. The largest absolute Gasteiger partial charge is 0.433 e. The topological polar surface area (TPSA) is 95.5 Å². The van der Waals surface area contributed by atoms with Crippen LogP contribution in [0.1, 0.15) is 18.2 Å². The van der Waals surface area contributed by atoms with Crippen molar-refractivity contribution in [1.29, 1.82) is 0 Å². The Morgan fingerprint density at radius 1 is 1.28 bits per heavy atom. The van der Waals surface area contributed by atoms with Crippen LogP contribution in [0.5, 0.6) is 0 Å². The highest BCUT2D eigenvalue weighted by Crippen LogP contribution is 2.32. The van der Waals surface area contributed by atoms with Gasteiger partial charge in [0.25, 0.3) is 0 Å². The van der Waals surface area contributed by atoms with Crippen LogP contribution in [0, 0.1) is 0 Å². The first-order chi connectivity index (χ1) is 13.7. The normalized spacial score (nSPS) is 11.8.